The summed E-state index contributed by atoms with van der Waals surface area (Å²) in [7, 11) is 0. The third kappa shape index (κ3) is 3.84. The van der Waals surface area contributed by atoms with Crippen LogP contribution >= 0.6 is 11.6 Å². The first kappa shape index (κ1) is 15.1. The van der Waals surface area contributed by atoms with Crippen molar-refractivity contribution in [2.45, 2.75) is 26.4 Å². The molecular formula is C16H19ClO3. The van der Waals surface area contributed by atoms with Gasteiger partial charge in [-0.1, -0.05) is 36.7 Å². The van der Waals surface area contributed by atoms with Crippen molar-refractivity contribution >= 4 is 17.6 Å². The summed E-state index contributed by atoms with van der Waals surface area (Å²) in [5, 5.41) is 9.33. The summed E-state index contributed by atoms with van der Waals surface area (Å²) in [5.41, 5.74) is 1.03. The van der Waals surface area contributed by atoms with E-state index in [0.29, 0.717) is 30.1 Å². The molecule has 2 rings (SSSR count). The van der Waals surface area contributed by atoms with E-state index in [4.69, 9.17) is 21.4 Å². The van der Waals surface area contributed by atoms with E-state index in [1.165, 1.54) is 6.07 Å². The number of ether oxygens (including phenoxy) is 1. The van der Waals surface area contributed by atoms with Crippen LogP contribution in [0.25, 0.3) is 0 Å². The fraction of sp³-hybridized carbons (Fsp3) is 0.438. The highest BCUT2D eigenvalue weighted by Crippen LogP contribution is 2.26. The lowest BCUT2D eigenvalue weighted by atomic mass is 9.85. The number of allylic oxidation sites excluding steroid dienone is 2. The van der Waals surface area contributed by atoms with E-state index in [2.05, 4.69) is 19.1 Å². The van der Waals surface area contributed by atoms with Gasteiger partial charge in [-0.05, 0) is 42.4 Å². The van der Waals surface area contributed by atoms with Crippen LogP contribution in [0.3, 0.4) is 0 Å². The van der Waals surface area contributed by atoms with Crippen LogP contribution in [-0.4, -0.2) is 17.7 Å². The Labute approximate surface area is 124 Å². The molecule has 1 aromatic rings. The SMILES string of the molecule is CC1CC=CCC1COCc1ccc(C(=O)O)cc1Cl. The molecule has 0 bridgehead atoms. The van der Waals surface area contributed by atoms with Gasteiger partial charge in [-0.3, -0.25) is 0 Å². The van der Waals surface area contributed by atoms with Crippen molar-refractivity contribution in [1.82, 2.24) is 0 Å². The molecule has 4 heteroatoms. The minimum absolute atomic E-state index is 0.199. The van der Waals surface area contributed by atoms with E-state index in [-0.39, 0.29) is 5.56 Å². The maximum atomic E-state index is 10.8. The molecule has 1 aliphatic rings. The van der Waals surface area contributed by atoms with E-state index >= 15 is 0 Å². The quantitative estimate of drug-likeness (QED) is 0.830. The molecule has 0 aromatic heterocycles. The van der Waals surface area contributed by atoms with Gasteiger partial charge in [0.25, 0.3) is 0 Å². The molecule has 3 nitrogen and oxygen atoms in total. The summed E-state index contributed by atoms with van der Waals surface area (Å²) in [6, 6.07) is 4.74. The number of hydrogen-bond acceptors (Lipinski definition) is 2. The van der Waals surface area contributed by atoms with Gasteiger partial charge >= 0.3 is 5.97 Å². The van der Waals surface area contributed by atoms with Gasteiger partial charge in [0.15, 0.2) is 0 Å². The average Bonchev–Trinajstić information content (AvgIpc) is 2.42. The van der Waals surface area contributed by atoms with Gasteiger partial charge in [0.2, 0.25) is 0 Å². The number of benzene rings is 1. The first-order valence-electron chi connectivity index (χ1n) is 6.82. The molecular weight excluding hydrogens is 276 g/mol. The second-order valence-corrected chi connectivity index (χ2v) is 5.71. The van der Waals surface area contributed by atoms with Crippen molar-refractivity contribution in [1.29, 1.82) is 0 Å². The predicted molar refractivity (Wildman–Crippen MR) is 79.1 cm³/mol. The molecule has 0 heterocycles. The first-order valence-corrected chi connectivity index (χ1v) is 7.20. The van der Waals surface area contributed by atoms with E-state index in [1.54, 1.807) is 12.1 Å². The molecule has 0 radical (unpaired) electrons. The maximum Gasteiger partial charge on any atom is 0.335 e. The Morgan fingerprint density at radius 3 is 2.80 bits per heavy atom. The average molecular weight is 295 g/mol. The Balaban J connectivity index is 1.88. The van der Waals surface area contributed by atoms with Gasteiger partial charge in [0, 0.05) is 5.02 Å². The highest BCUT2D eigenvalue weighted by molar-refractivity contribution is 6.31. The highest BCUT2D eigenvalue weighted by atomic mass is 35.5. The second-order valence-electron chi connectivity index (χ2n) is 5.31. The lowest BCUT2D eigenvalue weighted by Crippen LogP contribution is -2.19. The highest BCUT2D eigenvalue weighted by Gasteiger charge is 2.18. The lowest BCUT2D eigenvalue weighted by molar-refractivity contribution is 0.0676. The molecule has 1 N–H and O–H groups in total. The molecule has 108 valence electrons. The van der Waals surface area contributed by atoms with Gasteiger partial charge < -0.3 is 9.84 Å². The molecule has 1 aromatic carbocycles. The number of aromatic carboxylic acids is 1. The lowest BCUT2D eigenvalue weighted by Gasteiger charge is -2.25. The standard InChI is InChI=1S/C16H19ClO3/c1-11-4-2-3-5-13(11)9-20-10-14-7-6-12(16(18)19)8-15(14)17/h2-3,6-8,11,13H,4-5,9-10H2,1H3,(H,18,19). The fourth-order valence-corrected chi connectivity index (χ4v) is 2.59. The van der Waals surface area contributed by atoms with Crippen molar-refractivity contribution in [2.75, 3.05) is 6.61 Å². The van der Waals surface area contributed by atoms with E-state index < -0.39 is 5.97 Å². The maximum absolute atomic E-state index is 10.8. The summed E-state index contributed by atoms with van der Waals surface area (Å²) >= 11 is 6.07. The molecule has 0 saturated carbocycles. The Morgan fingerprint density at radius 1 is 1.40 bits per heavy atom. The van der Waals surface area contributed by atoms with Gasteiger partial charge in [-0.2, -0.15) is 0 Å². The van der Waals surface area contributed by atoms with Gasteiger partial charge in [0.1, 0.15) is 0 Å². The van der Waals surface area contributed by atoms with E-state index in [9.17, 15) is 4.79 Å². The molecule has 0 spiro atoms. The number of halogens is 1. The van der Waals surface area contributed by atoms with Gasteiger partial charge in [-0.15, -0.1) is 0 Å². The van der Waals surface area contributed by atoms with E-state index in [0.717, 1.165) is 18.4 Å². The van der Waals surface area contributed by atoms with Crippen LogP contribution in [-0.2, 0) is 11.3 Å². The predicted octanol–water partition coefficient (Wildman–Crippen LogP) is 4.16. The summed E-state index contributed by atoms with van der Waals surface area (Å²) in [6.45, 7) is 3.38. The van der Waals surface area contributed by atoms with Crippen LogP contribution in [0.15, 0.2) is 30.4 Å². The minimum atomic E-state index is -0.970. The van der Waals surface area contributed by atoms with Crippen molar-refractivity contribution in [2.24, 2.45) is 11.8 Å². The van der Waals surface area contributed by atoms with Crippen molar-refractivity contribution in [3.8, 4) is 0 Å². The Hall–Kier alpha value is -1.32. The summed E-state index contributed by atoms with van der Waals surface area (Å²) in [5.74, 6) is 0.226. The van der Waals surface area contributed by atoms with Crippen LogP contribution < -0.4 is 0 Å². The fourth-order valence-electron chi connectivity index (χ4n) is 2.36. The monoisotopic (exact) mass is 294 g/mol. The molecule has 20 heavy (non-hydrogen) atoms. The topological polar surface area (TPSA) is 46.5 Å². The van der Waals surface area contributed by atoms with Crippen molar-refractivity contribution in [3.05, 3.63) is 46.5 Å². The largest absolute Gasteiger partial charge is 0.478 e. The number of hydrogen-bond donors (Lipinski definition) is 1. The molecule has 0 aliphatic heterocycles. The van der Waals surface area contributed by atoms with Gasteiger partial charge in [0.05, 0.1) is 18.8 Å². The van der Waals surface area contributed by atoms with Crippen LogP contribution in [0.4, 0.5) is 0 Å². The summed E-state index contributed by atoms with van der Waals surface area (Å²) < 4.78 is 5.75. The Kier molecular flexibility index (Phi) is 5.21. The number of carboxylic acid groups (broad SMARTS) is 1. The summed E-state index contributed by atoms with van der Waals surface area (Å²) in [4.78, 5) is 10.8. The molecule has 0 amide bonds. The van der Waals surface area contributed by atoms with Crippen molar-refractivity contribution in [3.63, 3.8) is 0 Å². The molecule has 1 aliphatic carbocycles. The molecule has 0 saturated heterocycles. The van der Waals surface area contributed by atoms with Crippen LogP contribution in [0.1, 0.15) is 35.7 Å². The van der Waals surface area contributed by atoms with E-state index in [1.807, 2.05) is 0 Å². The number of rotatable bonds is 5. The Morgan fingerprint density at radius 2 is 2.15 bits per heavy atom. The number of carbonyl (C=O) groups is 1. The van der Waals surface area contributed by atoms with Crippen molar-refractivity contribution < 1.29 is 14.6 Å². The van der Waals surface area contributed by atoms with Crippen LogP contribution in [0.5, 0.6) is 0 Å². The van der Waals surface area contributed by atoms with Gasteiger partial charge in [-0.25, -0.2) is 4.79 Å². The molecule has 0 fully saturated rings. The smallest absolute Gasteiger partial charge is 0.335 e. The zero-order chi connectivity index (χ0) is 14.5. The first-order chi connectivity index (χ1) is 9.58. The molecule has 2 unspecified atom stereocenters. The second kappa shape index (κ2) is 6.91. The zero-order valence-corrected chi connectivity index (χ0v) is 12.3. The molecule has 2 atom stereocenters. The Bertz CT molecular complexity index is 510. The normalized spacial score (nSPS) is 21.9. The zero-order valence-electron chi connectivity index (χ0n) is 11.5. The minimum Gasteiger partial charge on any atom is -0.478 e. The van der Waals surface area contributed by atoms with Crippen LogP contribution in [0, 0.1) is 11.8 Å². The van der Waals surface area contributed by atoms with Crippen LogP contribution in [0.2, 0.25) is 5.02 Å². The summed E-state index contributed by atoms with van der Waals surface area (Å²) in [6.07, 6.45) is 6.61. The third-order valence-corrected chi connectivity index (χ3v) is 4.16. The third-order valence-electron chi connectivity index (χ3n) is 3.81. The number of carboxylic acids is 1.